The molecule has 0 saturated heterocycles. The summed E-state index contributed by atoms with van der Waals surface area (Å²) in [6.45, 7) is 2.06. The maximum absolute atomic E-state index is 6.22. The second kappa shape index (κ2) is 5.31. The Morgan fingerprint density at radius 3 is 2.85 bits per heavy atom. The molecule has 1 unspecified atom stereocenters. The van der Waals surface area contributed by atoms with E-state index in [1.807, 2.05) is 41.9 Å². The van der Waals surface area contributed by atoms with Crippen molar-refractivity contribution in [3.63, 3.8) is 0 Å². The fourth-order valence-corrected chi connectivity index (χ4v) is 3.21. The van der Waals surface area contributed by atoms with E-state index in [-0.39, 0.29) is 6.04 Å². The zero-order valence-corrected chi connectivity index (χ0v) is 12.5. The van der Waals surface area contributed by atoms with E-state index < -0.39 is 0 Å². The van der Waals surface area contributed by atoms with Crippen molar-refractivity contribution in [3.05, 3.63) is 52.5 Å². The van der Waals surface area contributed by atoms with E-state index in [0.717, 1.165) is 26.5 Å². The highest BCUT2D eigenvalue weighted by molar-refractivity contribution is 7.16. The number of benzene rings is 2. The van der Waals surface area contributed by atoms with E-state index in [1.165, 1.54) is 0 Å². The first-order valence-corrected chi connectivity index (χ1v) is 7.55. The van der Waals surface area contributed by atoms with Gasteiger partial charge in [-0.05, 0) is 30.7 Å². The number of nitrogen functional groups attached to an aromatic ring is 1. The number of rotatable bonds is 3. The summed E-state index contributed by atoms with van der Waals surface area (Å²) in [5, 5.41) is 4.16. The summed E-state index contributed by atoms with van der Waals surface area (Å²) in [5.41, 5.74) is 11.5. The van der Waals surface area contributed by atoms with Crippen LogP contribution in [0.5, 0.6) is 0 Å². The Morgan fingerprint density at radius 1 is 1.25 bits per heavy atom. The fourth-order valence-electron chi connectivity index (χ4n) is 2.22. The Labute approximate surface area is 126 Å². The van der Waals surface area contributed by atoms with Gasteiger partial charge in [0.1, 0.15) is 5.52 Å². The van der Waals surface area contributed by atoms with Crippen molar-refractivity contribution in [1.29, 1.82) is 0 Å². The lowest BCUT2D eigenvalue weighted by molar-refractivity contribution is 0.886. The van der Waals surface area contributed by atoms with Crippen LogP contribution in [-0.4, -0.2) is 4.98 Å². The molecule has 3 N–H and O–H groups in total. The first kappa shape index (κ1) is 13.2. The maximum Gasteiger partial charge on any atom is 0.106 e. The molecule has 5 heteroatoms. The van der Waals surface area contributed by atoms with Crippen LogP contribution in [-0.2, 0) is 0 Å². The quantitative estimate of drug-likeness (QED) is 0.689. The van der Waals surface area contributed by atoms with Crippen LogP contribution >= 0.6 is 22.9 Å². The van der Waals surface area contributed by atoms with Crippen LogP contribution in [0.2, 0.25) is 5.02 Å². The number of hydrogen-bond acceptors (Lipinski definition) is 4. The summed E-state index contributed by atoms with van der Waals surface area (Å²) in [6, 6.07) is 11.9. The molecule has 1 atom stereocenters. The Hall–Kier alpha value is -1.78. The summed E-state index contributed by atoms with van der Waals surface area (Å²) in [6.07, 6.45) is 0. The largest absolute Gasteiger partial charge is 0.395 e. The summed E-state index contributed by atoms with van der Waals surface area (Å²) < 4.78 is 1.10. The van der Waals surface area contributed by atoms with Crippen LogP contribution in [0.4, 0.5) is 11.4 Å². The summed E-state index contributed by atoms with van der Waals surface area (Å²) >= 11 is 7.81. The van der Waals surface area contributed by atoms with Gasteiger partial charge in [0.2, 0.25) is 0 Å². The molecular weight excluding hydrogens is 290 g/mol. The van der Waals surface area contributed by atoms with Crippen molar-refractivity contribution >= 4 is 44.5 Å². The minimum absolute atomic E-state index is 0.0714. The van der Waals surface area contributed by atoms with E-state index >= 15 is 0 Å². The van der Waals surface area contributed by atoms with Crippen molar-refractivity contribution < 1.29 is 0 Å². The molecule has 0 aliphatic heterocycles. The predicted molar refractivity (Wildman–Crippen MR) is 87.5 cm³/mol. The summed E-state index contributed by atoms with van der Waals surface area (Å²) in [4.78, 5) is 4.30. The van der Waals surface area contributed by atoms with Gasteiger partial charge >= 0.3 is 0 Å². The highest BCUT2D eigenvalue weighted by Gasteiger charge is 2.12. The van der Waals surface area contributed by atoms with Crippen molar-refractivity contribution in [2.45, 2.75) is 13.0 Å². The molecule has 0 saturated carbocycles. The molecule has 3 nitrogen and oxygen atoms in total. The van der Waals surface area contributed by atoms with E-state index in [0.29, 0.717) is 5.69 Å². The molecule has 20 heavy (non-hydrogen) atoms. The van der Waals surface area contributed by atoms with Gasteiger partial charge in [-0.1, -0.05) is 29.8 Å². The number of halogens is 1. The topological polar surface area (TPSA) is 50.9 Å². The lowest BCUT2D eigenvalue weighted by atomic mass is 10.1. The van der Waals surface area contributed by atoms with Crippen molar-refractivity contribution in [2.24, 2.45) is 0 Å². The molecule has 1 heterocycles. The van der Waals surface area contributed by atoms with Crippen molar-refractivity contribution in [3.8, 4) is 0 Å². The smallest absolute Gasteiger partial charge is 0.106 e. The van der Waals surface area contributed by atoms with Gasteiger partial charge in [0.15, 0.2) is 0 Å². The highest BCUT2D eigenvalue weighted by Crippen LogP contribution is 2.33. The van der Waals surface area contributed by atoms with E-state index in [4.69, 9.17) is 17.3 Å². The van der Waals surface area contributed by atoms with Crippen LogP contribution in [0.25, 0.3) is 10.2 Å². The van der Waals surface area contributed by atoms with E-state index in [9.17, 15) is 0 Å². The molecule has 0 bridgehead atoms. The molecule has 0 aliphatic rings. The lowest BCUT2D eigenvalue weighted by Gasteiger charge is -2.18. The van der Waals surface area contributed by atoms with Crippen LogP contribution < -0.4 is 11.1 Å². The highest BCUT2D eigenvalue weighted by atomic mass is 35.5. The second-order valence-corrected chi connectivity index (χ2v) is 5.91. The number of hydrogen-bond donors (Lipinski definition) is 2. The lowest BCUT2D eigenvalue weighted by Crippen LogP contribution is -2.09. The monoisotopic (exact) mass is 303 g/mol. The number of anilines is 2. The van der Waals surface area contributed by atoms with Crippen molar-refractivity contribution in [2.75, 3.05) is 11.1 Å². The van der Waals surface area contributed by atoms with Gasteiger partial charge in [-0.15, -0.1) is 11.3 Å². The van der Waals surface area contributed by atoms with E-state index in [2.05, 4.69) is 17.2 Å². The average Bonchev–Trinajstić information content (AvgIpc) is 2.91. The normalized spacial score (nSPS) is 12.5. The molecule has 3 aromatic rings. The number of aromatic nitrogens is 1. The number of nitrogens with zero attached hydrogens (tertiary/aromatic N) is 1. The number of nitrogens with one attached hydrogen (secondary N) is 1. The minimum atomic E-state index is 0.0714. The van der Waals surface area contributed by atoms with Crippen molar-refractivity contribution in [1.82, 2.24) is 4.98 Å². The average molecular weight is 304 g/mol. The Bertz CT molecular complexity index is 754. The Morgan fingerprint density at radius 2 is 2.05 bits per heavy atom. The number of nitrogens with two attached hydrogens (primary N) is 1. The zero-order chi connectivity index (χ0) is 14.1. The standard InChI is InChI=1S/C15H14ClN3S/c1-9(10-4-2-3-5-11(10)16)19-12-6-7-13-15(14(12)17)18-8-20-13/h2-9,19H,17H2,1H3. The van der Waals surface area contributed by atoms with Gasteiger partial charge < -0.3 is 11.1 Å². The molecule has 1 aromatic heterocycles. The van der Waals surface area contributed by atoms with Crippen LogP contribution in [0.15, 0.2) is 41.9 Å². The molecular formula is C15H14ClN3S. The van der Waals surface area contributed by atoms with Crippen LogP contribution in [0, 0.1) is 0 Å². The van der Waals surface area contributed by atoms with E-state index in [1.54, 1.807) is 11.3 Å². The fraction of sp³-hybridized carbons (Fsp3) is 0.133. The number of thiazole rings is 1. The zero-order valence-electron chi connectivity index (χ0n) is 10.9. The second-order valence-electron chi connectivity index (χ2n) is 4.61. The molecule has 0 fully saturated rings. The Kier molecular flexibility index (Phi) is 3.51. The van der Waals surface area contributed by atoms with Crippen LogP contribution in [0.3, 0.4) is 0 Å². The first-order chi connectivity index (χ1) is 9.66. The molecule has 2 aromatic carbocycles. The van der Waals surface area contributed by atoms with Gasteiger partial charge in [-0.2, -0.15) is 0 Å². The molecule has 0 aliphatic carbocycles. The van der Waals surface area contributed by atoms with Gasteiger partial charge in [0.05, 0.1) is 27.6 Å². The number of fused-ring (bicyclic) bond motifs is 1. The molecule has 0 amide bonds. The molecule has 3 rings (SSSR count). The summed E-state index contributed by atoms with van der Waals surface area (Å²) in [7, 11) is 0. The SMILES string of the molecule is CC(Nc1ccc2scnc2c1N)c1ccccc1Cl. The predicted octanol–water partition coefficient (Wildman–Crippen LogP) is 4.71. The Balaban J connectivity index is 1.93. The van der Waals surface area contributed by atoms with Gasteiger partial charge in [0.25, 0.3) is 0 Å². The minimum Gasteiger partial charge on any atom is -0.395 e. The third-order valence-corrected chi connectivity index (χ3v) is 4.42. The van der Waals surface area contributed by atoms with Gasteiger partial charge in [-0.3, -0.25) is 0 Å². The molecule has 0 radical (unpaired) electrons. The molecule has 102 valence electrons. The van der Waals surface area contributed by atoms with Crippen LogP contribution in [0.1, 0.15) is 18.5 Å². The summed E-state index contributed by atoms with van der Waals surface area (Å²) in [5.74, 6) is 0. The first-order valence-electron chi connectivity index (χ1n) is 6.29. The maximum atomic E-state index is 6.22. The van der Waals surface area contributed by atoms with Gasteiger partial charge in [0, 0.05) is 5.02 Å². The third-order valence-electron chi connectivity index (χ3n) is 3.29. The third kappa shape index (κ3) is 2.32. The molecule has 0 spiro atoms. The van der Waals surface area contributed by atoms with Gasteiger partial charge in [-0.25, -0.2) is 4.98 Å².